The maximum Gasteiger partial charge on any atom is 0.225 e. The van der Waals surface area contributed by atoms with Gasteiger partial charge >= 0.3 is 0 Å². The summed E-state index contributed by atoms with van der Waals surface area (Å²) in [6.07, 6.45) is 0.434. The molecule has 0 aliphatic rings. The summed E-state index contributed by atoms with van der Waals surface area (Å²) < 4.78 is 0. The quantitative estimate of drug-likeness (QED) is 0.713. The third-order valence-corrected chi connectivity index (χ3v) is 4.28. The lowest BCUT2D eigenvalue weighted by Crippen LogP contribution is -2.16. The Morgan fingerprint density at radius 1 is 0.909 bits per heavy atom. The number of benzene rings is 2. The molecule has 2 aromatic carbocycles. The molecule has 110 valence electrons. The van der Waals surface area contributed by atoms with Crippen LogP contribution in [0.5, 0.6) is 0 Å². The van der Waals surface area contributed by atoms with E-state index in [0.29, 0.717) is 6.42 Å². The first-order chi connectivity index (χ1) is 10.8. The predicted octanol–water partition coefficient (Wildman–Crippen LogP) is 4.91. The summed E-state index contributed by atoms with van der Waals surface area (Å²) in [5.74, 6) is 0.108. The van der Waals surface area contributed by atoms with E-state index in [4.69, 9.17) is 0 Å². The topological polar surface area (TPSA) is 29.1 Å². The highest BCUT2D eigenvalue weighted by molar-refractivity contribution is 7.08. The average Bonchev–Trinajstić information content (AvgIpc) is 3.07. The molecule has 0 spiro atoms. The van der Waals surface area contributed by atoms with Gasteiger partial charge < -0.3 is 5.32 Å². The first-order valence-corrected chi connectivity index (χ1v) is 8.19. The van der Waals surface area contributed by atoms with Crippen molar-refractivity contribution in [3.63, 3.8) is 0 Å². The van der Waals surface area contributed by atoms with Crippen LogP contribution in [0.3, 0.4) is 0 Å². The molecule has 0 atom stereocenters. The molecular weight excluding hydrogens is 290 g/mol. The van der Waals surface area contributed by atoms with Gasteiger partial charge in [-0.15, -0.1) is 0 Å². The molecule has 0 radical (unpaired) electrons. The molecule has 0 bridgehead atoms. The zero-order valence-electron chi connectivity index (χ0n) is 12.1. The number of nitrogens with one attached hydrogen (secondary N) is 1. The van der Waals surface area contributed by atoms with E-state index in [1.807, 2.05) is 53.2 Å². The van der Waals surface area contributed by atoms with Crippen LogP contribution < -0.4 is 5.32 Å². The van der Waals surface area contributed by atoms with Crippen molar-refractivity contribution in [2.75, 3.05) is 5.32 Å². The van der Waals surface area contributed by atoms with E-state index in [-0.39, 0.29) is 11.8 Å². The molecule has 0 saturated carbocycles. The zero-order valence-corrected chi connectivity index (χ0v) is 12.9. The van der Waals surface area contributed by atoms with Crippen LogP contribution >= 0.6 is 11.3 Å². The van der Waals surface area contributed by atoms with Gasteiger partial charge in [0, 0.05) is 17.7 Å². The van der Waals surface area contributed by atoms with E-state index >= 15 is 0 Å². The Bertz CT molecular complexity index is 668. The van der Waals surface area contributed by atoms with Crippen LogP contribution in [-0.4, -0.2) is 5.91 Å². The van der Waals surface area contributed by atoms with Gasteiger partial charge in [-0.3, -0.25) is 4.79 Å². The molecule has 1 aromatic heterocycles. The van der Waals surface area contributed by atoms with Gasteiger partial charge in [0.25, 0.3) is 0 Å². The summed E-state index contributed by atoms with van der Waals surface area (Å²) in [5.41, 5.74) is 3.19. The SMILES string of the molecule is O=C(CC(c1ccccc1)c1ccccc1)Nc1ccsc1. The van der Waals surface area contributed by atoms with E-state index in [0.717, 1.165) is 16.8 Å². The van der Waals surface area contributed by atoms with Crippen LogP contribution in [0.1, 0.15) is 23.5 Å². The Labute approximate surface area is 134 Å². The number of hydrogen-bond acceptors (Lipinski definition) is 2. The van der Waals surface area contributed by atoms with Gasteiger partial charge in [-0.05, 0) is 22.6 Å². The Morgan fingerprint density at radius 2 is 1.50 bits per heavy atom. The Hall–Kier alpha value is -2.39. The molecule has 0 aliphatic carbocycles. The summed E-state index contributed by atoms with van der Waals surface area (Å²) >= 11 is 1.58. The van der Waals surface area contributed by atoms with Gasteiger partial charge in [-0.2, -0.15) is 11.3 Å². The minimum absolute atomic E-state index is 0.0381. The van der Waals surface area contributed by atoms with Crippen LogP contribution in [0.25, 0.3) is 0 Å². The highest BCUT2D eigenvalue weighted by Crippen LogP contribution is 2.28. The first-order valence-electron chi connectivity index (χ1n) is 7.25. The molecule has 0 aliphatic heterocycles. The lowest BCUT2D eigenvalue weighted by molar-refractivity contribution is -0.116. The van der Waals surface area contributed by atoms with E-state index in [1.54, 1.807) is 11.3 Å². The number of rotatable bonds is 5. The van der Waals surface area contributed by atoms with Crippen molar-refractivity contribution in [2.45, 2.75) is 12.3 Å². The Balaban J connectivity index is 1.81. The second-order valence-corrected chi connectivity index (χ2v) is 5.92. The molecule has 3 heteroatoms. The predicted molar refractivity (Wildman–Crippen MR) is 92.3 cm³/mol. The lowest BCUT2D eigenvalue weighted by atomic mass is 9.88. The van der Waals surface area contributed by atoms with Crippen LogP contribution in [0.2, 0.25) is 0 Å². The molecule has 0 saturated heterocycles. The highest BCUT2D eigenvalue weighted by atomic mass is 32.1. The molecule has 22 heavy (non-hydrogen) atoms. The first kappa shape index (κ1) is 14.5. The fourth-order valence-electron chi connectivity index (χ4n) is 2.53. The van der Waals surface area contributed by atoms with Crippen molar-refractivity contribution in [3.8, 4) is 0 Å². The van der Waals surface area contributed by atoms with Crippen LogP contribution in [0, 0.1) is 0 Å². The molecule has 0 fully saturated rings. The molecule has 1 N–H and O–H groups in total. The van der Waals surface area contributed by atoms with Gasteiger partial charge in [0.15, 0.2) is 0 Å². The standard InChI is InChI=1S/C19H17NOS/c21-19(20-17-11-12-22-14-17)13-18(15-7-3-1-4-8-15)16-9-5-2-6-10-16/h1-12,14,18H,13H2,(H,20,21). The fraction of sp³-hybridized carbons (Fsp3) is 0.105. The van der Waals surface area contributed by atoms with Crippen molar-refractivity contribution < 1.29 is 4.79 Å². The normalized spacial score (nSPS) is 10.6. The number of hydrogen-bond donors (Lipinski definition) is 1. The summed E-state index contributed by atoms with van der Waals surface area (Å²) in [4.78, 5) is 12.4. The smallest absolute Gasteiger partial charge is 0.225 e. The Kier molecular flexibility index (Phi) is 4.66. The third kappa shape index (κ3) is 3.62. The molecule has 3 rings (SSSR count). The lowest BCUT2D eigenvalue weighted by Gasteiger charge is -2.17. The number of anilines is 1. The van der Waals surface area contributed by atoms with E-state index < -0.39 is 0 Å². The van der Waals surface area contributed by atoms with Crippen LogP contribution in [0.4, 0.5) is 5.69 Å². The van der Waals surface area contributed by atoms with Crippen molar-refractivity contribution in [1.82, 2.24) is 0 Å². The second-order valence-electron chi connectivity index (χ2n) is 5.14. The van der Waals surface area contributed by atoms with Gasteiger partial charge in [0.05, 0.1) is 5.69 Å². The molecule has 2 nitrogen and oxygen atoms in total. The van der Waals surface area contributed by atoms with Crippen molar-refractivity contribution in [2.24, 2.45) is 0 Å². The average molecular weight is 307 g/mol. The summed E-state index contributed by atoms with van der Waals surface area (Å²) in [6, 6.07) is 22.3. The molecule has 0 unspecified atom stereocenters. The number of carbonyl (C=O) groups is 1. The van der Waals surface area contributed by atoms with E-state index in [1.165, 1.54) is 0 Å². The minimum Gasteiger partial charge on any atom is -0.325 e. The Morgan fingerprint density at radius 3 is 2.00 bits per heavy atom. The third-order valence-electron chi connectivity index (χ3n) is 3.60. The summed E-state index contributed by atoms with van der Waals surface area (Å²) in [6.45, 7) is 0. The number of thiophene rings is 1. The van der Waals surface area contributed by atoms with Crippen molar-refractivity contribution >= 4 is 22.9 Å². The zero-order chi connectivity index (χ0) is 15.2. The summed E-state index contributed by atoms with van der Waals surface area (Å²) in [7, 11) is 0. The maximum absolute atomic E-state index is 12.4. The van der Waals surface area contributed by atoms with E-state index in [9.17, 15) is 4.79 Å². The minimum atomic E-state index is 0.0381. The largest absolute Gasteiger partial charge is 0.325 e. The van der Waals surface area contributed by atoms with Gasteiger partial charge in [0.1, 0.15) is 0 Å². The van der Waals surface area contributed by atoms with Gasteiger partial charge in [-0.1, -0.05) is 60.7 Å². The van der Waals surface area contributed by atoms with Crippen LogP contribution in [-0.2, 0) is 4.79 Å². The summed E-state index contributed by atoms with van der Waals surface area (Å²) in [5, 5.41) is 6.87. The molecule has 1 heterocycles. The number of carbonyl (C=O) groups excluding carboxylic acids is 1. The van der Waals surface area contributed by atoms with Crippen molar-refractivity contribution in [3.05, 3.63) is 88.6 Å². The highest BCUT2D eigenvalue weighted by Gasteiger charge is 2.18. The van der Waals surface area contributed by atoms with Gasteiger partial charge in [0.2, 0.25) is 5.91 Å². The fourth-order valence-corrected chi connectivity index (χ4v) is 3.12. The van der Waals surface area contributed by atoms with E-state index in [2.05, 4.69) is 29.6 Å². The maximum atomic E-state index is 12.4. The van der Waals surface area contributed by atoms with Crippen molar-refractivity contribution in [1.29, 1.82) is 0 Å². The van der Waals surface area contributed by atoms with Gasteiger partial charge in [-0.25, -0.2) is 0 Å². The monoisotopic (exact) mass is 307 g/mol. The molecule has 1 amide bonds. The molecule has 3 aromatic rings. The van der Waals surface area contributed by atoms with Crippen LogP contribution in [0.15, 0.2) is 77.5 Å². The molecular formula is C19H17NOS. The number of amides is 1. The second kappa shape index (κ2) is 7.05.